The molecule has 7 heteroatoms. The molecular formula is C6H16ClN3O2S. The van der Waals surface area contributed by atoms with Gasteiger partial charge in [0.25, 0.3) is 10.2 Å². The minimum absolute atomic E-state index is 0. The van der Waals surface area contributed by atoms with E-state index in [0.717, 1.165) is 0 Å². The highest BCUT2D eigenvalue weighted by atomic mass is 35.5. The standard InChI is InChI=1S/C6H15N3O2S.ClH/c1-6(2)5-8-3-4-9(6)12(7,10)11;/h8H,3-5H2,1-2H3,(H2,7,10,11);1H. The van der Waals surface area contributed by atoms with E-state index in [1.54, 1.807) is 0 Å². The molecule has 13 heavy (non-hydrogen) atoms. The third-order valence-corrected chi connectivity index (χ3v) is 3.32. The molecule has 0 spiro atoms. The van der Waals surface area contributed by atoms with E-state index in [4.69, 9.17) is 5.14 Å². The molecule has 0 saturated carbocycles. The van der Waals surface area contributed by atoms with Gasteiger partial charge in [-0.3, -0.25) is 0 Å². The molecule has 3 N–H and O–H groups in total. The van der Waals surface area contributed by atoms with Crippen molar-refractivity contribution in [2.75, 3.05) is 19.6 Å². The normalized spacial score (nSPS) is 23.6. The van der Waals surface area contributed by atoms with Crippen molar-refractivity contribution in [3.63, 3.8) is 0 Å². The molecule has 0 aliphatic carbocycles. The lowest BCUT2D eigenvalue weighted by Crippen LogP contribution is -2.61. The van der Waals surface area contributed by atoms with E-state index in [1.807, 2.05) is 13.8 Å². The molecule has 1 aliphatic rings. The number of piperazine rings is 1. The molecule has 0 atom stereocenters. The maximum absolute atomic E-state index is 11.1. The van der Waals surface area contributed by atoms with Gasteiger partial charge < -0.3 is 5.32 Å². The molecule has 0 amide bonds. The van der Waals surface area contributed by atoms with Crippen molar-refractivity contribution in [3.05, 3.63) is 0 Å². The smallest absolute Gasteiger partial charge is 0.277 e. The summed E-state index contributed by atoms with van der Waals surface area (Å²) < 4.78 is 23.5. The van der Waals surface area contributed by atoms with E-state index in [0.29, 0.717) is 19.6 Å². The summed E-state index contributed by atoms with van der Waals surface area (Å²) in [7, 11) is -3.54. The average Bonchev–Trinajstić information content (AvgIpc) is 1.83. The summed E-state index contributed by atoms with van der Waals surface area (Å²) in [6.07, 6.45) is 0. The van der Waals surface area contributed by atoms with Gasteiger partial charge in [0.2, 0.25) is 0 Å². The average molecular weight is 230 g/mol. The number of nitrogens with two attached hydrogens (primary N) is 1. The highest BCUT2D eigenvalue weighted by molar-refractivity contribution is 7.86. The van der Waals surface area contributed by atoms with E-state index < -0.39 is 15.7 Å². The molecule has 1 heterocycles. The van der Waals surface area contributed by atoms with Gasteiger partial charge >= 0.3 is 0 Å². The maximum Gasteiger partial charge on any atom is 0.277 e. The van der Waals surface area contributed by atoms with Crippen molar-refractivity contribution in [1.29, 1.82) is 0 Å². The number of rotatable bonds is 1. The fourth-order valence-corrected chi connectivity index (χ4v) is 2.54. The van der Waals surface area contributed by atoms with Crippen molar-refractivity contribution in [2.24, 2.45) is 5.14 Å². The van der Waals surface area contributed by atoms with Crippen LogP contribution in [0.1, 0.15) is 13.8 Å². The molecule has 1 fully saturated rings. The van der Waals surface area contributed by atoms with Crippen LogP contribution in [0.15, 0.2) is 0 Å². The first-order valence-electron chi connectivity index (χ1n) is 3.85. The Balaban J connectivity index is 0.00000144. The second kappa shape index (κ2) is 4.10. The van der Waals surface area contributed by atoms with Crippen molar-refractivity contribution in [1.82, 2.24) is 9.62 Å². The van der Waals surface area contributed by atoms with Crippen LogP contribution in [0.4, 0.5) is 0 Å². The molecular weight excluding hydrogens is 214 g/mol. The molecule has 5 nitrogen and oxygen atoms in total. The van der Waals surface area contributed by atoms with E-state index in [9.17, 15) is 8.42 Å². The maximum atomic E-state index is 11.1. The Labute approximate surface area is 85.3 Å². The molecule has 1 saturated heterocycles. The van der Waals surface area contributed by atoms with Crippen molar-refractivity contribution >= 4 is 22.6 Å². The number of nitrogens with zero attached hydrogens (tertiary/aromatic N) is 1. The van der Waals surface area contributed by atoms with E-state index in [2.05, 4.69) is 5.32 Å². The Morgan fingerprint density at radius 3 is 2.31 bits per heavy atom. The Kier molecular flexibility index (Phi) is 4.14. The molecule has 1 rings (SSSR count). The van der Waals surface area contributed by atoms with Gasteiger partial charge in [0.15, 0.2) is 0 Å². The lowest BCUT2D eigenvalue weighted by atomic mass is 10.0. The van der Waals surface area contributed by atoms with Crippen LogP contribution >= 0.6 is 12.4 Å². The van der Waals surface area contributed by atoms with Gasteiger partial charge in [-0.25, -0.2) is 5.14 Å². The largest absolute Gasteiger partial charge is 0.314 e. The second-order valence-electron chi connectivity index (χ2n) is 3.61. The summed E-state index contributed by atoms with van der Waals surface area (Å²) in [4.78, 5) is 0. The molecule has 0 unspecified atom stereocenters. The minimum Gasteiger partial charge on any atom is -0.314 e. The van der Waals surface area contributed by atoms with Crippen LogP contribution in [-0.2, 0) is 10.2 Å². The first-order chi connectivity index (χ1) is 5.34. The highest BCUT2D eigenvalue weighted by Gasteiger charge is 2.35. The monoisotopic (exact) mass is 229 g/mol. The number of hydrogen-bond donors (Lipinski definition) is 2. The van der Waals surface area contributed by atoms with Gasteiger partial charge in [-0.05, 0) is 13.8 Å². The van der Waals surface area contributed by atoms with Gasteiger partial charge in [0, 0.05) is 25.2 Å². The molecule has 1 aliphatic heterocycles. The fourth-order valence-electron chi connectivity index (χ4n) is 1.44. The zero-order chi connectivity index (χ0) is 9.41. The van der Waals surface area contributed by atoms with Crippen molar-refractivity contribution in [3.8, 4) is 0 Å². The van der Waals surface area contributed by atoms with E-state index in [1.165, 1.54) is 4.31 Å². The highest BCUT2D eigenvalue weighted by Crippen LogP contribution is 2.17. The number of hydrogen-bond acceptors (Lipinski definition) is 3. The van der Waals surface area contributed by atoms with Crippen molar-refractivity contribution in [2.45, 2.75) is 19.4 Å². The van der Waals surface area contributed by atoms with Crippen LogP contribution in [0, 0.1) is 0 Å². The summed E-state index contributed by atoms with van der Waals surface area (Å²) in [6.45, 7) is 5.46. The molecule has 80 valence electrons. The summed E-state index contributed by atoms with van der Waals surface area (Å²) in [6, 6.07) is 0. The Morgan fingerprint density at radius 1 is 1.46 bits per heavy atom. The first kappa shape index (κ1) is 13.1. The van der Waals surface area contributed by atoms with Gasteiger partial charge in [-0.15, -0.1) is 12.4 Å². The number of nitrogens with one attached hydrogen (secondary N) is 1. The van der Waals surface area contributed by atoms with Crippen LogP contribution in [0.25, 0.3) is 0 Å². The topological polar surface area (TPSA) is 75.4 Å². The molecule has 0 aromatic heterocycles. The van der Waals surface area contributed by atoms with Crippen LogP contribution < -0.4 is 10.5 Å². The third-order valence-electron chi connectivity index (χ3n) is 2.03. The molecule has 0 aromatic carbocycles. The van der Waals surface area contributed by atoms with E-state index >= 15 is 0 Å². The lowest BCUT2D eigenvalue weighted by molar-refractivity contribution is 0.186. The summed E-state index contributed by atoms with van der Waals surface area (Å²) in [5.74, 6) is 0. The van der Waals surface area contributed by atoms with Crippen LogP contribution in [0.3, 0.4) is 0 Å². The van der Waals surface area contributed by atoms with Crippen LogP contribution in [-0.4, -0.2) is 37.9 Å². The molecule has 0 aromatic rings. The summed E-state index contributed by atoms with van der Waals surface area (Å²) >= 11 is 0. The predicted octanol–water partition coefficient (Wildman–Crippen LogP) is -0.704. The zero-order valence-electron chi connectivity index (χ0n) is 7.78. The molecule has 0 radical (unpaired) electrons. The lowest BCUT2D eigenvalue weighted by Gasteiger charge is -2.40. The minimum atomic E-state index is -3.54. The predicted molar refractivity (Wildman–Crippen MR) is 54.0 cm³/mol. The fraction of sp³-hybridized carbons (Fsp3) is 1.00. The van der Waals surface area contributed by atoms with Gasteiger partial charge in [-0.2, -0.15) is 12.7 Å². The van der Waals surface area contributed by atoms with E-state index in [-0.39, 0.29) is 12.4 Å². The first-order valence-corrected chi connectivity index (χ1v) is 5.36. The zero-order valence-corrected chi connectivity index (χ0v) is 9.41. The third kappa shape index (κ3) is 3.07. The molecule has 0 bridgehead atoms. The Bertz CT molecular complexity index is 265. The van der Waals surface area contributed by atoms with Crippen molar-refractivity contribution < 1.29 is 8.42 Å². The second-order valence-corrected chi connectivity index (χ2v) is 5.08. The van der Waals surface area contributed by atoms with Crippen LogP contribution in [0.5, 0.6) is 0 Å². The Morgan fingerprint density at radius 2 is 2.00 bits per heavy atom. The SMILES string of the molecule is CC1(C)CNCCN1S(N)(=O)=O.Cl. The van der Waals surface area contributed by atoms with Gasteiger partial charge in [0.1, 0.15) is 0 Å². The summed E-state index contributed by atoms with van der Waals surface area (Å²) in [5, 5.41) is 8.17. The Hall–Kier alpha value is 0.120. The van der Waals surface area contributed by atoms with Gasteiger partial charge in [0.05, 0.1) is 0 Å². The van der Waals surface area contributed by atoms with Gasteiger partial charge in [-0.1, -0.05) is 0 Å². The quantitative estimate of drug-likeness (QED) is 0.624. The summed E-state index contributed by atoms with van der Waals surface area (Å²) in [5.41, 5.74) is -0.411. The van der Waals surface area contributed by atoms with Crippen LogP contribution in [0.2, 0.25) is 0 Å². The number of halogens is 1.